The van der Waals surface area contributed by atoms with E-state index < -0.39 is 0 Å². The maximum absolute atomic E-state index is 12.4. The van der Waals surface area contributed by atoms with E-state index in [1.807, 2.05) is 24.3 Å². The number of carbonyl (C=O) groups excluding carboxylic acids is 1. The maximum atomic E-state index is 12.4. The Hall–Kier alpha value is -2.21. The molecule has 1 saturated heterocycles. The summed E-state index contributed by atoms with van der Waals surface area (Å²) < 4.78 is 1.79. The van der Waals surface area contributed by atoms with Gasteiger partial charge in [0.1, 0.15) is 12.7 Å². The van der Waals surface area contributed by atoms with Crippen LogP contribution in [-0.4, -0.2) is 50.7 Å². The number of carbonyl (C=O) groups is 1. The Labute approximate surface area is 142 Å². The summed E-state index contributed by atoms with van der Waals surface area (Å²) in [5.74, 6) is 0.494. The summed E-state index contributed by atoms with van der Waals surface area (Å²) in [7, 11) is 0. The largest absolute Gasteiger partial charge is 0.352 e. The van der Waals surface area contributed by atoms with Gasteiger partial charge in [-0.1, -0.05) is 6.07 Å². The van der Waals surface area contributed by atoms with Crippen LogP contribution < -0.4 is 5.32 Å². The number of aromatic nitrogens is 3. The van der Waals surface area contributed by atoms with Crippen molar-refractivity contribution in [3.63, 3.8) is 0 Å². The summed E-state index contributed by atoms with van der Waals surface area (Å²) in [6, 6.07) is 7.49. The lowest BCUT2D eigenvalue weighted by atomic mass is 10.1. The summed E-state index contributed by atoms with van der Waals surface area (Å²) in [6.45, 7) is 9.60. The maximum Gasteiger partial charge on any atom is 0.251 e. The molecule has 1 aliphatic heterocycles. The Morgan fingerprint density at radius 1 is 1.29 bits per heavy atom. The number of likely N-dealkylation sites (tertiary alicyclic amines) is 1. The molecular formula is C18H25N5O. The molecule has 0 saturated carbocycles. The summed E-state index contributed by atoms with van der Waals surface area (Å²) in [5.41, 5.74) is 1.74. The molecule has 0 aliphatic carbocycles. The van der Waals surface area contributed by atoms with Gasteiger partial charge in [-0.15, -0.1) is 10.2 Å². The highest BCUT2D eigenvalue weighted by molar-refractivity contribution is 5.94. The van der Waals surface area contributed by atoms with Crippen LogP contribution in [0.3, 0.4) is 0 Å². The second-order valence-corrected chi connectivity index (χ2v) is 7.40. The average Bonchev–Trinajstić information content (AvgIpc) is 3.23. The highest BCUT2D eigenvalue weighted by Crippen LogP contribution is 2.24. The van der Waals surface area contributed by atoms with Gasteiger partial charge in [-0.3, -0.25) is 14.3 Å². The molecule has 3 rings (SSSR count). The van der Waals surface area contributed by atoms with E-state index in [0.717, 1.165) is 31.7 Å². The number of rotatable bonds is 4. The predicted octanol–water partition coefficient (Wildman–Crippen LogP) is 2.12. The van der Waals surface area contributed by atoms with Gasteiger partial charge >= 0.3 is 0 Å². The Morgan fingerprint density at radius 2 is 2.04 bits per heavy atom. The molecule has 1 N–H and O–H groups in total. The molecule has 128 valence electrons. The normalized spacial score (nSPS) is 18.7. The van der Waals surface area contributed by atoms with Crippen molar-refractivity contribution < 1.29 is 4.79 Å². The molecule has 1 fully saturated rings. The fourth-order valence-corrected chi connectivity index (χ4v) is 3.09. The molecule has 2 heterocycles. The molecule has 6 heteroatoms. The van der Waals surface area contributed by atoms with Gasteiger partial charge in [0, 0.05) is 29.9 Å². The molecule has 24 heavy (non-hydrogen) atoms. The zero-order valence-electron chi connectivity index (χ0n) is 14.6. The Kier molecular flexibility index (Phi) is 4.66. The zero-order valence-corrected chi connectivity index (χ0v) is 14.6. The van der Waals surface area contributed by atoms with Crippen LogP contribution in [0.5, 0.6) is 0 Å². The monoisotopic (exact) mass is 327 g/mol. The first-order chi connectivity index (χ1) is 11.4. The highest BCUT2D eigenvalue weighted by Gasteiger charge is 2.30. The fraction of sp³-hybridized carbons (Fsp3) is 0.500. The van der Waals surface area contributed by atoms with Crippen LogP contribution in [0.1, 0.15) is 37.6 Å². The van der Waals surface area contributed by atoms with E-state index in [2.05, 4.69) is 41.2 Å². The van der Waals surface area contributed by atoms with Crippen molar-refractivity contribution in [2.45, 2.75) is 32.7 Å². The number of nitrogens with zero attached hydrogens (tertiary/aromatic N) is 4. The topological polar surface area (TPSA) is 63.1 Å². The number of nitrogens with one attached hydrogen (secondary N) is 1. The van der Waals surface area contributed by atoms with E-state index in [4.69, 9.17) is 0 Å². The SMILES string of the molecule is CC(C)(C)N1CCC(CNC(=O)c2cccc(-n3cnnc3)c2)C1. The Morgan fingerprint density at radius 3 is 2.71 bits per heavy atom. The summed E-state index contributed by atoms with van der Waals surface area (Å²) >= 11 is 0. The molecular weight excluding hydrogens is 302 g/mol. The minimum Gasteiger partial charge on any atom is -0.352 e. The third-order valence-corrected chi connectivity index (χ3v) is 4.61. The summed E-state index contributed by atoms with van der Waals surface area (Å²) in [5, 5.41) is 10.7. The molecule has 1 atom stereocenters. The highest BCUT2D eigenvalue weighted by atomic mass is 16.1. The first-order valence-electron chi connectivity index (χ1n) is 8.42. The van der Waals surface area contributed by atoms with E-state index in [9.17, 15) is 4.79 Å². The van der Waals surface area contributed by atoms with Gasteiger partial charge in [-0.25, -0.2) is 0 Å². The molecule has 1 aliphatic rings. The zero-order chi connectivity index (χ0) is 17.2. The molecule has 1 amide bonds. The Bertz CT molecular complexity index is 690. The van der Waals surface area contributed by atoms with Gasteiger partial charge in [0.25, 0.3) is 5.91 Å². The molecule has 1 unspecified atom stereocenters. The van der Waals surface area contributed by atoms with Crippen molar-refractivity contribution in [3.8, 4) is 5.69 Å². The number of amides is 1. The van der Waals surface area contributed by atoms with Crippen LogP contribution in [0.25, 0.3) is 5.69 Å². The van der Waals surface area contributed by atoms with E-state index in [1.54, 1.807) is 17.2 Å². The third kappa shape index (κ3) is 3.82. The van der Waals surface area contributed by atoms with Gasteiger partial charge < -0.3 is 5.32 Å². The van der Waals surface area contributed by atoms with Crippen molar-refractivity contribution in [2.75, 3.05) is 19.6 Å². The molecule has 0 spiro atoms. The summed E-state index contributed by atoms with van der Waals surface area (Å²) in [4.78, 5) is 14.9. The number of hydrogen-bond donors (Lipinski definition) is 1. The quantitative estimate of drug-likeness (QED) is 0.934. The van der Waals surface area contributed by atoms with Crippen molar-refractivity contribution in [1.82, 2.24) is 25.0 Å². The average molecular weight is 327 g/mol. The first-order valence-corrected chi connectivity index (χ1v) is 8.42. The minimum atomic E-state index is -0.0286. The number of hydrogen-bond acceptors (Lipinski definition) is 4. The van der Waals surface area contributed by atoms with E-state index in [1.165, 1.54) is 0 Å². The van der Waals surface area contributed by atoms with E-state index >= 15 is 0 Å². The molecule has 6 nitrogen and oxygen atoms in total. The van der Waals surface area contributed by atoms with Crippen molar-refractivity contribution in [1.29, 1.82) is 0 Å². The first kappa shape index (κ1) is 16.6. The Balaban J connectivity index is 1.57. The molecule has 1 aromatic carbocycles. The van der Waals surface area contributed by atoms with E-state index in [0.29, 0.717) is 11.5 Å². The lowest BCUT2D eigenvalue weighted by molar-refractivity contribution is 0.0946. The molecule has 1 aromatic heterocycles. The van der Waals surface area contributed by atoms with Crippen molar-refractivity contribution in [3.05, 3.63) is 42.5 Å². The number of benzene rings is 1. The second-order valence-electron chi connectivity index (χ2n) is 7.40. The summed E-state index contributed by atoms with van der Waals surface area (Å²) in [6.07, 6.45) is 4.38. The smallest absolute Gasteiger partial charge is 0.251 e. The van der Waals surface area contributed by atoms with Crippen molar-refractivity contribution >= 4 is 5.91 Å². The molecule has 0 radical (unpaired) electrons. The van der Waals surface area contributed by atoms with Crippen LogP contribution in [-0.2, 0) is 0 Å². The minimum absolute atomic E-state index is 0.0286. The van der Waals surface area contributed by atoms with Crippen LogP contribution in [0.2, 0.25) is 0 Å². The van der Waals surface area contributed by atoms with Crippen LogP contribution in [0, 0.1) is 5.92 Å². The van der Waals surface area contributed by atoms with Gasteiger partial charge in [0.15, 0.2) is 0 Å². The van der Waals surface area contributed by atoms with Gasteiger partial charge in [0.05, 0.1) is 0 Å². The van der Waals surface area contributed by atoms with Gasteiger partial charge in [0.2, 0.25) is 0 Å². The fourth-order valence-electron chi connectivity index (χ4n) is 3.09. The van der Waals surface area contributed by atoms with Crippen LogP contribution in [0.4, 0.5) is 0 Å². The predicted molar refractivity (Wildman–Crippen MR) is 93.1 cm³/mol. The molecule has 2 aromatic rings. The standard InChI is InChI=1S/C18H25N5O/c1-18(2,3)23-8-7-14(11-23)10-19-17(24)15-5-4-6-16(9-15)22-12-20-21-13-22/h4-6,9,12-14H,7-8,10-11H2,1-3H3,(H,19,24). The lowest BCUT2D eigenvalue weighted by Gasteiger charge is -2.31. The third-order valence-electron chi connectivity index (χ3n) is 4.61. The lowest BCUT2D eigenvalue weighted by Crippen LogP contribution is -2.40. The van der Waals surface area contributed by atoms with Crippen molar-refractivity contribution in [2.24, 2.45) is 5.92 Å². The second kappa shape index (κ2) is 6.73. The van der Waals surface area contributed by atoms with E-state index in [-0.39, 0.29) is 11.4 Å². The van der Waals surface area contributed by atoms with Crippen LogP contribution in [0.15, 0.2) is 36.9 Å². The molecule has 0 bridgehead atoms. The van der Waals surface area contributed by atoms with Gasteiger partial charge in [-0.05, 0) is 57.9 Å². The van der Waals surface area contributed by atoms with Crippen LogP contribution >= 0.6 is 0 Å². The van der Waals surface area contributed by atoms with Gasteiger partial charge in [-0.2, -0.15) is 0 Å².